The molecule has 0 radical (unpaired) electrons. The van der Waals surface area contributed by atoms with Gasteiger partial charge in [0.15, 0.2) is 9.25 Å². The number of hydrazone groups is 1. The number of para-hydroxylation sites is 1. The number of rotatable bonds is 5. The van der Waals surface area contributed by atoms with Crippen molar-refractivity contribution in [3.63, 3.8) is 0 Å². The highest BCUT2D eigenvalue weighted by atomic mass is 32.2. The van der Waals surface area contributed by atoms with Gasteiger partial charge in [0.2, 0.25) is 5.78 Å². The van der Waals surface area contributed by atoms with E-state index in [1.54, 1.807) is 11.8 Å². The van der Waals surface area contributed by atoms with Crippen molar-refractivity contribution < 1.29 is 4.79 Å². The van der Waals surface area contributed by atoms with Crippen molar-refractivity contribution in [1.29, 1.82) is 0 Å². The Kier molecular flexibility index (Phi) is 5.91. The van der Waals surface area contributed by atoms with Crippen LogP contribution in [0, 0.1) is 0 Å². The predicted molar refractivity (Wildman–Crippen MR) is 163 cm³/mol. The van der Waals surface area contributed by atoms with Crippen LogP contribution in [0.1, 0.15) is 32.6 Å². The smallest absolute Gasteiger partial charge is 0.219 e. The fraction of sp³-hybridized carbons (Fsp3) is 0.0588. The van der Waals surface area contributed by atoms with Crippen molar-refractivity contribution in [2.24, 2.45) is 5.10 Å². The van der Waals surface area contributed by atoms with Crippen LogP contribution < -0.4 is 5.01 Å². The Hall–Kier alpha value is -4.06. The molecular formula is C34H24N2OS2. The van der Waals surface area contributed by atoms with Gasteiger partial charge >= 0.3 is 0 Å². The maximum Gasteiger partial charge on any atom is 0.219 e. The summed E-state index contributed by atoms with van der Waals surface area (Å²) in [7, 11) is 0. The molecule has 0 saturated heterocycles. The zero-order chi connectivity index (χ0) is 26.3. The number of hydrogen-bond acceptors (Lipinski definition) is 5. The maximum atomic E-state index is 13.8. The highest BCUT2D eigenvalue weighted by Crippen LogP contribution is 2.70. The second-order valence-corrected chi connectivity index (χ2v) is 12.3. The first kappa shape index (κ1) is 24.0. The number of carbonyl (C=O) groups excluding carboxylic acids is 1. The van der Waals surface area contributed by atoms with Crippen molar-refractivity contribution in [3.8, 4) is 0 Å². The lowest BCUT2D eigenvalue weighted by molar-refractivity contribution is 0.106. The molecule has 0 saturated carbocycles. The summed E-state index contributed by atoms with van der Waals surface area (Å²) in [4.78, 5) is 13.8. The fourth-order valence-corrected chi connectivity index (χ4v) is 9.14. The van der Waals surface area contributed by atoms with Gasteiger partial charge in [0, 0.05) is 11.1 Å². The molecule has 1 atom stereocenters. The summed E-state index contributed by atoms with van der Waals surface area (Å²) in [6.07, 6.45) is 0. The molecule has 7 rings (SSSR count). The van der Waals surface area contributed by atoms with E-state index in [9.17, 15) is 4.79 Å². The third-order valence-corrected chi connectivity index (χ3v) is 10.5. The van der Waals surface area contributed by atoms with Crippen LogP contribution in [0.2, 0.25) is 0 Å². The summed E-state index contributed by atoms with van der Waals surface area (Å²) in [5.74, 6) is -0.0617. The monoisotopic (exact) mass is 540 g/mol. The molecule has 0 fully saturated rings. The van der Waals surface area contributed by atoms with Gasteiger partial charge in [0.1, 0.15) is 0 Å². The lowest BCUT2D eigenvalue weighted by atomic mass is 9.82. The lowest BCUT2D eigenvalue weighted by Crippen LogP contribution is -2.34. The van der Waals surface area contributed by atoms with E-state index in [0.717, 1.165) is 11.3 Å². The van der Waals surface area contributed by atoms with E-state index >= 15 is 0 Å². The van der Waals surface area contributed by atoms with Gasteiger partial charge in [0.05, 0.1) is 10.4 Å². The molecule has 2 aliphatic heterocycles. The third kappa shape index (κ3) is 3.76. The van der Waals surface area contributed by atoms with Crippen LogP contribution in [0.4, 0.5) is 5.69 Å². The molecule has 5 aromatic carbocycles. The van der Waals surface area contributed by atoms with Crippen molar-refractivity contribution >= 4 is 40.0 Å². The van der Waals surface area contributed by atoms with Crippen molar-refractivity contribution in [2.75, 3.05) is 5.01 Å². The summed E-state index contributed by atoms with van der Waals surface area (Å²) in [5.41, 5.74) is 6.34. The lowest BCUT2D eigenvalue weighted by Gasteiger charge is -2.37. The second kappa shape index (κ2) is 9.60. The maximum absolute atomic E-state index is 13.8. The van der Waals surface area contributed by atoms with E-state index in [-0.39, 0.29) is 5.78 Å². The Bertz CT molecular complexity index is 1630. The number of Topliss-reactive ketones (excluding diaryl/α,β-unsaturated/α-hetero) is 1. The van der Waals surface area contributed by atoms with Crippen LogP contribution in [0.3, 0.4) is 0 Å². The molecule has 0 aliphatic carbocycles. The number of nitrogens with zero attached hydrogens (tertiary/aromatic N) is 2. The van der Waals surface area contributed by atoms with Gasteiger partial charge in [-0.2, -0.15) is 5.10 Å². The van der Waals surface area contributed by atoms with E-state index in [2.05, 4.69) is 102 Å². The first-order valence-electron chi connectivity index (χ1n) is 12.9. The number of fused-ring (bicyclic) bond motifs is 2. The predicted octanol–water partition coefficient (Wildman–Crippen LogP) is 8.29. The largest absolute Gasteiger partial charge is 0.286 e. The Morgan fingerprint density at radius 2 is 1.08 bits per heavy atom. The number of benzene rings is 5. The molecule has 0 amide bonds. The van der Waals surface area contributed by atoms with Crippen molar-refractivity contribution in [3.05, 3.63) is 173 Å². The number of anilines is 1. The molecule has 0 N–H and O–H groups in total. The third-order valence-electron chi connectivity index (χ3n) is 7.23. The van der Waals surface area contributed by atoms with Crippen LogP contribution in [0.5, 0.6) is 0 Å². The number of ketones is 1. The highest BCUT2D eigenvalue weighted by Gasteiger charge is 2.61. The highest BCUT2D eigenvalue weighted by molar-refractivity contribution is 8.27. The van der Waals surface area contributed by atoms with Gasteiger partial charge in [0.25, 0.3) is 0 Å². The molecule has 0 bridgehead atoms. The first-order valence-corrected chi connectivity index (χ1v) is 14.5. The summed E-state index contributed by atoms with van der Waals surface area (Å²) < 4.78 is -1.19. The van der Waals surface area contributed by atoms with E-state index < -0.39 is 8.95 Å². The topological polar surface area (TPSA) is 32.7 Å². The van der Waals surface area contributed by atoms with E-state index in [4.69, 9.17) is 5.10 Å². The normalized spacial score (nSPS) is 19.1. The second-order valence-electron chi connectivity index (χ2n) is 9.49. The molecule has 2 heterocycles. The number of thioether (sulfide) groups is 2. The van der Waals surface area contributed by atoms with Gasteiger partial charge in [-0.1, -0.05) is 157 Å². The minimum Gasteiger partial charge on any atom is -0.286 e. The minimum atomic E-state index is -0.691. The molecule has 3 nitrogen and oxygen atoms in total. The van der Waals surface area contributed by atoms with Gasteiger partial charge in [-0.15, -0.1) is 0 Å². The quantitative estimate of drug-likeness (QED) is 0.210. The van der Waals surface area contributed by atoms with E-state index in [0.29, 0.717) is 10.6 Å². The van der Waals surface area contributed by atoms with Gasteiger partial charge in [-0.3, -0.25) is 4.79 Å². The molecule has 5 heteroatoms. The molecule has 1 spiro atoms. The Balaban J connectivity index is 1.47. The van der Waals surface area contributed by atoms with Crippen LogP contribution in [0.15, 0.2) is 151 Å². The van der Waals surface area contributed by atoms with Crippen molar-refractivity contribution in [2.45, 2.75) is 8.95 Å². The average molecular weight is 541 g/mol. The van der Waals surface area contributed by atoms with E-state index in [1.807, 2.05) is 60.3 Å². The zero-order valence-corrected chi connectivity index (χ0v) is 22.6. The average Bonchev–Trinajstić information content (AvgIpc) is 3.55. The molecule has 0 unspecified atom stereocenters. The molecule has 5 aromatic rings. The summed E-state index contributed by atoms with van der Waals surface area (Å²) >= 11 is 3.39. The van der Waals surface area contributed by atoms with Gasteiger partial charge in [-0.25, -0.2) is 5.01 Å². The van der Waals surface area contributed by atoms with Crippen LogP contribution in [0.25, 0.3) is 0 Å². The summed E-state index contributed by atoms with van der Waals surface area (Å²) in [6.45, 7) is 0. The molecule has 39 heavy (non-hydrogen) atoms. The Labute approximate surface area is 236 Å². The zero-order valence-electron chi connectivity index (χ0n) is 21.0. The standard InChI is InChI=1S/C34H24N2OS2/c37-31(25-15-5-1-6-16-25)32-35-36(28-21-11-4-12-22-28)34(38-32)30-24-14-13-23-29(30)33(39-34,26-17-7-2-8-18-26)27-19-9-3-10-20-27/h1-24H/t34-/m0/s1. The summed E-state index contributed by atoms with van der Waals surface area (Å²) in [6, 6.07) is 49.6. The van der Waals surface area contributed by atoms with Crippen molar-refractivity contribution in [1.82, 2.24) is 0 Å². The molecule has 188 valence electrons. The molecule has 0 aromatic heterocycles. The minimum absolute atomic E-state index is 0.0617. The van der Waals surface area contributed by atoms with Crippen LogP contribution in [-0.4, -0.2) is 10.8 Å². The number of hydrogen-bond donors (Lipinski definition) is 0. The van der Waals surface area contributed by atoms with Gasteiger partial charge in [-0.05, 0) is 28.8 Å². The number of carbonyl (C=O) groups is 1. The molecular weight excluding hydrogens is 517 g/mol. The molecule has 2 aliphatic rings. The van der Waals surface area contributed by atoms with Gasteiger partial charge < -0.3 is 0 Å². The SMILES string of the molecule is O=C(C1=NN(c2ccccc2)[C@@]2(S1)SC(c1ccccc1)(c1ccccc1)c1ccccc12)c1ccccc1. The summed E-state index contributed by atoms with van der Waals surface area (Å²) in [5, 5.41) is 7.61. The van der Waals surface area contributed by atoms with E-state index in [1.165, 1.54) is 16.7 Å². The van der Waals surface area contributed by atoms with Crippen LogP contribution >= 0.6 is 23.5 Å². The van der Waals surface area contributed by atoms with Crippen LogP contribution in [-0.2, 0) is 8.95 Å². The first-order chi connectivity index (χ1) is 19.2. The fourth-order valence-electron chi connectivity index (χ4n) is 5.51. The Morgan fingerprint density at radius 1 is 0.590 bits per heavy atom. The Morgan fingerprint density at radius 3 is 1.67 bits per heavy atom.